The van der Waals surface area contributed by atoms with Crippen molar-refractivity contribution in [2.45, 2.75) is 31.4 Å². The summed E-state index contributed by atoms with van der Waals surface area (Å²) in [5.74, 6) is 5.47. The summed E-state index contributed by atoms with van der Waals surface area (Å²) < 4.78 is 61.4. The molecule has 11 heteroatoms. The minimum absolute atomic E-state index is 0.101. The van der Waals surface area contributed by atoms with Crippen LogP contribution in [0.2, 0.25) is 0 Å². The Balaban J connectivity index is 1.60. The van der Waals surface area contributed by atoms with Gasteiger partial charge in [-0.15, -0.1) is 0 Å². The third kappa shape index (κ3) is 6.31. The lowest BCUT2D eigenvalue weighted by molar-refractivity contribution is -0.140. The largest absolute Gasteiger partial charge is 0.495 e. The number of alkyl halides is 4. The molecule has 2 atom stereocenters. The number of hydrogen-bond donors (Lipinski definition) is 3. The fraction of sp³-hybridized carbons (Fsp3) is 0.370. The third-order valence-corrected chi connectivity index (χ3v) is 6.44. The Hall–Kier alpha value is -3.91. The van der Waals surface area contributed by atoms with Gasteiger partial charge in [-0.3, -0.25) is 4.79 Å². The molecule has 0 saturated carbocycles. The first-order valence-electron chi connectivity index (χ1n) is 12.0. The molecule has 7 nitrogen and oxygen atoms in total. The number of carbonyl (C=O) groups excluding carboxylic acids is 1. The standard InChI is InChI=1S/C27H29F4N5O2/c1-35-12-10-22(20(28)15-35)34-21-6-3-7-24-19(21)14-18(36(24)16-27(29,30)31)5-4-11-33-23-9-8-17(26(32)37)13-25(23)38-2/h3,6-9,13-14,20,22,33-34H,10-12,15-16H2,1-2H3,(H2,32,37)/t20-,22-/m1/s1. The highest BCUT2D eigenvalue weighted by atomic mass is 19.4. The average Bonchev–Trinajstić information content (AvgIpc) is 3.20. The molecule has 1 aliphatic rings. The van der Waals surface area contributed by atoms with Crippen molar-refractivity contribution in [2.75, 3.05) is 44.4 Å². The number of rotatable bonds is 7. The summed E-state index contributed by atoms with van der Waals surface area (Å²) in [5.41, 5.74) is 7.23. The minimum Gasteiger partial charge on any atom is -0.495 e. The SMILES string of the molecule is COc1cc(C(N)=O)ccc1NCC#Cc1cc2c(N[C@@H]3CCN(C)C[C@H]3F)cccc2n1CC(F)(F)F. The Morgan fingerprint density at radius 3 is 2.68 bits per heavy atom. The Bertz CT molecular complexity index is 1380. The fourth-order valence-corrected chi connectivity index (χ4v) is 4.55. The van der Waals surface area contributed by atoms with Crippen LogP contribution >= 0.6 is 0 Å². The summed E-state index contributed by atoms with van der Waals surface area (Å²) in [6.07, 6.45) is -4.97. The number of anilines is 2. The molecule has 38 heavy (non-hydrogen) atoms. The summed E-state index contributed by atoms with van der Waals surface area (Å²) in [4.78, 5) is 13.3. The number of halogens is 4. The topological polar surface area (TPSA) is 84.5 Å². The second kappa shape index (κ2) is 11.2. The van der Waals surface area contributed by atoms with Gasteiger partial charge in [0.05, 0.1) is 36.6 Å². The summed E-state index contributed by atoms with van der Waals surface area (Å²) in [6.45, 7) is -0.0881. The van der Waals surface area contributed by atoms with Crippen LogP contribution < -0.4 is 21.1 Å². The highest BCUT2D eigenvalue weighted by molar-refractivity contribution is 5.94. The fourth-order valence-electron chi connectivity index (χ4n) is 4.55. The summed E-state index contributed by atoms with van der Waals surface area (Å²) in [7, 11) is 3.29. The van der Waals surface area contributed by atoms with Crippen LogP contribution in [-0.2, 0) is 6.54 Å². The maximum absolute atomic E-state index is 14.6. The molecule has 0 bridgehead atoms. The predicted molar refractivity (Wildman–Crippen MR) is 139 cm³/mol. The van der Waals surface area contributed by atoms with Crippen molar-refractivity contribution >= 4 is 28.2 Å². The normalized spacial score (nSPS) is 18.1. The van der Waals surface area contributed by atoms with Gasteiger partial charge in [0, 0.05) is 29.7 Å². The van der Waals surface area contributed by atoms with E-state index in [0.717, 1.165) is 11.1 Å². The Kier molecular flexibility index (Phi) is 8.02. The zero-order chi connectivity index (χ0) is 27.4. The average molecular weight is 532 g/mol. The molecule has 1 amide bonds. The van der Waals surface area contributed by atoms with Gasteiger partial charge in [-0.1, -0.05) is 12.0 Å². The number of aromatic nitrogens is 1. The zero-order valence-electron chi connectivity index (χ0n) is 21.0. The Morgan fingerprint density at radius 2 is 2.00 bits per heavy atom. The van der Waals surface area contributed by atoms with E-state index in [1.54, 1.807) is 30.3 Å². The van der Waals surface area contributed by atoms with Gasteiger partial charge in [-0.2, -0.15) is 13.2 Å². The van der Waals surface area contributed by atoms with E-state index in [-0.39, 0.29) is 17.8 Å². The predicted octanol–water partition coefficient (Wildman–Crippen LogP) is 4.23. The highest BCUT2D eigenvalue weighted by Crippen LogP contribution is 2.31. The monoisotopic (exact) mass is 531 g/mol. The van der Waals surface area contributed by atoms with Gasteiger partial charge in [0.1, 0.15) is 18.5 Å². The van der Waals surface area contributed by atoms with Crippen molar-refractivity contribution in [1.82, 2.24) is 9.47 Å². The lowest BCUT2D eigenvalue weighted by atomic mass is 10.0. The number of carbonyl (C=O) groups is 1. The van der Waals surface area contributed by atoms with Crippen LogP contribution in [0.5, 0.6) is 5.75 Å². The van der Waals surface area contributed by atoms with Crippen LogP contribution in [-0.4, -0.2) is 67.6 Å². The molecule has 4 rings (SSSR count). The van der Waals surface area contributed by atoms with Gasteiger partial charge in [-0.25, -0.2) is 4.39 Å². The van der Waals surface area contributed by atoms with Crippen LogP contribution in [0.1, 0.15) is 22.5 Å². The van der Waals surface area contributed by atoms with Crippen molar-refractivity contribution in [3.05, 3.63) is 53.7 Å². The first-order valence-corrected chi connectivity index (χ1v) is 12.0. The van der Waals surface area contributed by atoms with E-state index in [4.69, 9.17) is 10.5 Å². The van der Waals surface area contributed by atoms with Crippen LogP contribution in [0.3, 0.4) is 0 Å². The molecular formula is C27H29F4N5O2. The van der Waals surface area contributed by atoms with Crippen LogP contribution in [0.25, 0.3) is 10.9 Å². The number of likely N-dealkylation sites (tertiary alicyclic amines) is 1. The zero-order valence-corrected chi connectivity index (χ0v) is 21.0. The number of amides is 1. The van der Waals surface area contributed by atoms with Crippen molar-refractivity contribution < 1.29 is 27.1 Å². The second-order valence-corrected chi connectivity index (χ2v) is 9.22. The van der Waals surface area contributed by atoms with Crippen LogP contribution in [0.15, 0.2) is 42.5 Å². The third-order valence-electron chi connectivity index (χ3n) is 6.44. The molecule has 3 aromatic rings. The lowest BCUT2D eigenvalue weighted by Gasteiger charge is -2.33. The molecule has 2 aromatic carbocycles. The number of hydrogen-bond acceptors (Lipinski definition) is 5. The molecule has 4 N–H and O–H groups in total. The van der Waals surface area contributed by atoms with Gasteiger partial charge in [0.2, 0.25) is 5.91 Å². The molecule has 0 radical (unpaired) electrons. The summed E-state index contributed by atoms with van der Waals surface area (Å²) >= 11 is 0. The van der Waals surface area contributed by atoms with Crippen molar-refractivity contribution in [3.63, 3.8) is 0 Å². The van der Waals surface area contributed by atoms with Gasteiger partial charge in [0.15, 0.2) is 0 Å². The molecule has 1 saturated heterocycles. The van der Waals surface area contributed by atoms with Gasteiger partial charge in [0.25, 0.3) is 0 Å². The number of nitrogens with zero attached hydrogens (tertiary/aromatic N) is 2. The Labute approximate surface area is 217 Å². The minimum atomic E-state index is -4.46. The maximum Gasteiger partial charge on any atom is 0.406 e. The first-order chi connectivity index (χ1) is 18.1. The van der Waals surface area contributed by atoms with E-state index in [0.29, 0.717) is 41.0 Å². The molecule has 1 aliphatic heterocycles. The number of nitrogens with two attached hydrogens (primary N) is 1. The molecule has 0 unspecified atom stereocenters. The second-order valence-electron chi connectivity index (χ2n) is 9.22. The van der Waals surface area contributed by atoms with Gasteiger partial charge >= 0.3 is 6.18 Å². The summed E-state index contributed by atoms with van der Waals surface area (Å²) in [6, 6.07) is 10.8. The number of primary amides is 1. The molecule has 0 aliphatic carbocycles. The quantitative estimate of drug-likeness (QED) is 0.314. The summed E-state index contributed by atoms with van der Waals surface area (Å²) in [5, 5.41) is 6.79. The van der Waals surface area contributed by atoms with Crippen molar-refractivity contribution in [3.8, 4) is 17.6 Å². The molecule has 1 aromatic heterocycles. The van der Waals surface area contributed by atoms with E-state index in [1.807, 2.05) is 11.9 Å². The molecule has 2 heterocycles. The van der Waals surface area contributed by atoms with E-state index in [1.165, 1.54) is 19.2 Å². The Morgan fingerprint density at radius 1 is 1.21 bits per heavy atom. The van der Waals surface area contributed by atoms with Gasteiger partial charge in [-0.05, 0) is 55.8 Å². The number of methoxy groups -OCH3 is 1. The number of nitrogens with one attached hydrogen (secondary N) is 2. The molecule has 1 fully saturated rings. The van der Waals surface area contributed by atoms with E-state index >= 15 is 0 Å². The highest BCUT2D eigenvalue weighted by Gasteiger charge is 2.31. The number of benzene rings is 2. The molecule has 0 spiro atoms. The first kappa shape index (κ1) is 27.1. The van der Waals surface area contributed by atoms with Crippen molar-refractivity contribution in [1.29, 1.82) is 0 Å². The lowest BCUT2D eigenvalue weighted by Crippen LogP contribution is -2.46. The van der Waals surface area contributed by atoms with E-state index in [2.05, 4.69) is 22.5 Å². The van der Waals surface area contributed by atoms with Crippen molar-refractivity contribution in [2.24, 2.45) is 5.73 Å². The molecular weight excluding hydrogens is 502 g/mol. The smallest absolute Gasteiger partial charge is 0.406 e. The number of piperidine rings is 1. The number of fused-ring (bicyclic) bond motifs is 1. The van der Waals surface area contributed by atoms with E-state index < -0.39 is 30.8 Å². The van der Waals surface area contributed by atoms with Gasteiger partial charge < -0.3 is 30.6 Å². The maximum atomic E-state index is 14.6. The van der Waals surface area contributed by atoms with Crippen LogP contribution in [0.4, 0.5) is 28.9 Å². The van der Waals surface area contributed by atoms with E-state index in [9.17, 15) is 22.4 Å². The number of ether oxygens (including phenoxy) is 1. The van der Waals surface area contributed by atoms with Crippen LogP contribution in [0, 0.1) is 11.8 Å². The molecule has 202 valence electrons.